The fourth-order valence-corrected chi connectivity index (χ4v) is 5.38. The zero-order valence-corrected chi connectivity index (χ0v) is 23.3. The Morgan fingerprint density at radius 3 is 1.21 bits per heavy atom. The van der Waals surface area contributed by atoms with E-state index in [1.165, 1.54) is 154 Å². The van der Waals surface area contributed by atoms with Crippen LogP contribution in [0.15, 0.2) is 12.4 Å². The van der Waals surface area contributed by atoms with E-state index in [1.807, 2.05) is 0 Å². The van der Waals surface area contributed by atoms with Crippen molar-refractivity contribution in [2.75, 3.05) is 13.1 Å². The summed E-state index contributed by atoms with van der Waals surface area (Å²) >= 11 is 0. The summed E-state index contributed by atoms with van der Waals surface area (Å²) in [6.07, 6.45) is 38.3. The van der Waals surface area contributed by atoms with Crippen molar-refractivity contribution in [2.24, 2.45) is 0 Å². The predicted molar refractivity (Wildman–Crippen MR) is 150 cm³/mol. The van der Waals surface area contributed by atoms with E-state index in [4.69, 9.17) is 0 Å². The Labute approximate surface area is 210 Å². The third kappa shape index (κ3) is 16.6. The van der Waals surface area contributed by atoms with Crippen molar-refractivity contribution in [3.63, 3.8) is 0 Å². The van der Waals surface area contributed by atoms with Crippen LogP contribution in [0.2, 0.25) is 0 Å². The number of hydrogen-bond donors (Lipinski definition) is 0. The lowest BCUT2D eigenvalue weighted by molar-refractivity contribution is 0.142. The lowest BCUT2D eigenvalue weighted by Crippen LogP contribution is -2.38. The van der Waals surface area contributed by atoms with Gasteiger partial charge >= 0.3 is 0 Å². The lowest BCUT2D eigenvalue weighted by Gasteiger charge is -2.32. The zero-order valence-electron chi connectivity index (χ0n) is 23.3. The van der Waals surface area contributed by atoms with Crippen LogP contribution < -0.4 is 0 Å². The number of nitrogens with zero attached hydrogens (tertiary/aromatic N) is 2. The highest BCUT2D eigenvalue weighted by Crippen LogP contribution is 2.23. The molecule has 0 bridgehead atoms. The molecule has 0 aliphatic carbocycles. The third-order valence-corrected chi connectivity index (χ3v) is 7.67. The molecule has 33 heavy (non-hydrogen) atoms. The van der Waals surface area contributed by atoms with Crippen LogP contribution >= 0.6 is 0 Å². The van der Waals surface area contributed by atoms with E-state index in [1.54, 1.807) is 0 Å². The average Bonchev–Trinajstić information content (AvgIpc) is 3.22. The monoisotopic (exact) mass is 462 g/mol. The Bertz CT molecular complexity index is 419. The van der Waals surface area contributed by atoms with E-state index >= 15 is 0 Å². The Morgan fingerprint density at radius 2 is 0.788 bits per heavy atom. The molecule has 0 aromatic carbocycles. The second-order valence-electron chi connectivity index (χ2n) is 10.7. The minimum absolute atomic E-state index is 0.636. The maximum atomic E-state index is 2.64. The van der Waals surface area contributed by atoms with Crippen LogP contribution in [0.4, 0.5) is 0 Å². The minimum atomic E-state index is 0.636. The van der Waals surface area contributed by atoms with Gasteiger partial charge in [0.2, 0.25) is 0 Å². The summed E-state index contributed by atoms with van der Waals surface area (Å²) in [6.45, 7) is 9.32. The van der Waals surface area contributed by atoms with E-state index in [9.17, 15) is 0 Å². The maximum absolute atomic E-state index is 2.64. The first kappa shape index (κ1) is 30.4. The molecule has 1 rings (SSSR count). The summed E-state index contributed by atoms with van der Waals surface area (Å²) in [5.41, 5.74) is 0. The third-order valence-electron chi connectivity index (χ3n) is 7.67. The van der Waals surface area contributed by atoms with Crippen molar-refractivity contribution in [1.82, 2.24) is 9.80 Å². The van der Waals surface area contributed by atoms with Crippen molar-refractivity contribution in [2.45, 2.75) is 175 Å². The largest absolute Gasteiger partial charge is 0.356 e. The predicted octanol–water partition coefficient (Wildman–Crippen LogP) is 10.4. The van der Waals surface area contributed by atoms with Gasteiger partial charge in [-0.25, -0.2) is 0 Å². The summed E-state index contributed by atoms with van der Waals surface area (Å²) in [6, 6.07) is 0. The molecule has 0 saturated heterocycles. The molecule has 0 aromatic heterocycles. The number of rotatable bonds is 25. The summed E-state index contributed by atoms with van der Waals surface area (Å²) in [5.74, 6) is 0. The first-order valence-corrected chi connectivity index (χ1v) is 15.5. The van der Waals surface area contributed by atoms with Gasteiger partial charge in [-0.3, -0.25) is 0 Å². The Hall–Kier alpha value is -0.660. The van der Waals surface area contributed by atoms with E-state index < -0.39 is 0 Å². The molecule has 0 N–H and O–H groups in total. The van der Waals surface area contributed by atoms with Crippen LogP contribution in [0.5, 0.6) is 0 Å². The lowest BCUT2D eigenvalue weighted by atomic mass is 10.0. The highest BCUT2D eigenvalue weighted by Gasteiger charge is 2.23. The van der Waals surface area contributed by atoms with Gasteiger partial charge in [0.25, 0.3) is 0 Å². The van der Waals surface area contributed by atoms with E-state index in [-0.39, 0.29) is 0 Å². The van der Waals surface area contributed by atoms with Gasteiger partial charge in [0.1, 0.15) is 6.17 Å². The van der Waals surface area contributed by atoms with Gasteiger partial charge in [0.05, 0.1) is 0 Å². The first-order valence-electron chi connectivity index (χ1n) is 15.5. The molecular formula is C31H62N2. The molecule has 0 saturated carbocycles. The van der Waals surface area contributed by atoms with Crippen molar-refractivity contribution >= 4 is 0 Å². The normalized spacial score (nSPS) is 15.8. The van der Waals surface area contributed by atoms with Gasteiger partial charge in [0, 0.05) is 25.5 Å². The molecule has 1 heterocycles. The van der Waals surface area contributed by atoms with Crippen molar-refractivity contribution in [3.05, 3.63) is 12.4 Å². The second-order valence-corrected chi connectivity index (χ2v) is 10.7. The molecule has 2 nitrogen and oxygen atoms in total. The zero-order chi connectivity index (χ0) is 23.8. The highest BCUT2D eigenvalue weighted by atomic mass is 15.4. The number of unbranched alkanes of at least 4 members (excludes halogenated alkanes) is 20. The molecule has 2 heteroatoms. The van der Waals surface area contributed by atoms with Gasteiger partial charge in [-0.15, -0.1) is 0 Å². The maximum Gasteiger partial charge on any atom is 0.101 e. The van der Waals surface area contributed by atoms with Crippen LogP contribution in [-0.2, 0) is 0 Å². The molecule has 1 atom stereocenters. The first-order chi connectivity index (χ1) is 16.3. The van der Waals surface area contributed by atoms with Crippen molar-refractivity contribution in [3.8, 4) is 0 Å². The Kier molecular flexibility index (Phi) is 21.3. The van der Waals surface area contributed by atoms with Gasteiger partial charge in [-0.1, -0.05) is 142 Å². The van der Waals surface area contributed by atoms with Crippen LogP contribution in [0, 0.1) is 0 Å². The summed E-state index contributed by atoms with van der Waals surface area (Å²) in [4.78, 5) is 5.21. The van der Waals surface area contributed by atoms with Crippen LogP contribution in [-0.4, -0.2) is 29.1 Å². The fourth-order valence-electron chi connectivity index (χ4n) is 5.38. The second kappa shape index (κ2) is 23.1. The molecule has 1 aliphatic heterocycles. The summed E-state index contributed by atoms with van der Waals surface area (Å²) < 4.78 is 0. The Morgan fingerprint density at radius 1 is 0.424 bits per heavy atom. The molecule has 0 aromatic rings. The summed E-state index contributed by atoms with van der Waals surface area (Å²) in [7, 11) is 0. The molecule has 0 radical (unpaired) electrons. The minimum Gasteiger partial charge on any atom is -0.356 e. The molecule has 196 valence electrons. The molecule has 1 unspecified atom stereocenters. The number of hydrogen-bond acceptors (Lipinski definition) is 2. The SMILES string of the molecule is CCCCCCCCCCCCCCCC1N(CC)C=CN1CCCCCCCCCCC. The smallest absolute Gasteiger partial charge is 0.101 e. The molecule has 0 fully saturated rings. The van der Waals surface area contributed by atoms with Crippen LogP contribution in [0.3, 0.4) is 0 Å². The molecule has 0 amide bonds. The van der Waals surface area contributed by atoms with Gasteiger partial charge in [-0.05, 0) is 26.2 Å². The van der Waals surface area contributed by atoms with Crippen molar-refractivity contribution < 1.29 is 0 Å². The quantitative estimate of drug-likeness (QED) is 0.124. The van der Waals surface area contributed by atoms with Crippen LogP contribution in [0.1, 0.15) is 168 Å². The van der Waals surface area contributed by atoms with Gasteiger partial charge < -0.3 is 9.80 Å². The fraction of sp³-hybridized carbons (Fsp3) is 0.935. The topological polar surface area (TPSA) is 6.48 Å². The van der Waals surface area contributed by atoms with E-state index in [0.29, 0.717) is 6.17 Å². The standard InChI is InChI=1S/C31H62N2/c1-4-7-9-11-13-15-16-17-18-19-21-23-25-27-31-32(6-3)29-30-33(31)28-26-24-22-20-14-12-10-8-5-2/h29-31H,4-28H2,1-3H3. The van der Waals surface area contributed by atoms with E-state index in [0.717, 1.165) is 6.54 Å². The average molecular weight is 463 g/mol. The van der Waals surface area contributed by atoms with Crippen LogP contribution in [0.25, 0.3) is 0 Å². The van der Waals surface area contributed by atoms with E-state index in [2.05, 4.69) is 43.0 Å². The van der Waals surface area contributed by atoms with Gasteiger partial charge in [-0.2, -0.15) is 0 Å². The Balaban J connectivity index is 1.99. The molecule has 1 aliphatic rings. The molecule has 0 spiro atoms. The molecular weight excluding hydrogens is 400 g/mol. The van der Waals surface area contributed by atoms with Crippen molar-refractivity contribution in [1.29, 1.82) is 0 Å². The van der Waals surface area contributed by atoms with Gasteiger partial charge in [0.15, 0.2) is 0 Å². The summed E-state index contributed by atoms with van der Waals surface area (Å²) in [5, 5.41) is 0. The highest BCUT2D eigenvalue weighted by molar-refractivity contribution is 4.96.